The van der Waals surface area contributed by atoms with Gasteiger partial charge >= 0.3 is 0 Å². The smallest absolute Gasteiger partial charge is 0.247 e. The Kier molecular flexibility index (Phi) is 6.88. The number of rotatable bonds is 4. The molecule has 2 aliphatic heterocycles. The number of thioether (sulfide) groups is 1. The van der Waals surface area contributed by atoms with Crippen molar-refractivity contribution in [3.8, 4) is 0 Å². The Labute approximate surface area is 223 Å². The molecule has 2 atom stereocenters. The Morgan fingerprint density at radius 1 is 0.972 bits per heavy atom. The van der Waals surface area contributed by atoms with E-state index in [1.54, 1.807) is 29.3 Å². The average Bonchev–Trinajstić information content (AvgIpc) is 3.41. The fourth-order valence-electron chi connectivity index (χ4n) is 4.33. The summed E-state index contributed by atoms with van der Waals surface area (Å²) in [5.74, 6) is -0.672. The third-order valence-corrected chi connectivity index (χ3v) is 7.73. The highest BCUT2D eigenvalue weighted by molar-refractivity contribution is 8.14. The van der Waals surface area contributed by atoms with E-state index in [2.05, 4.69) is 0 Å². The lowest BCUT2D eigenvalue weighted by Crippen LogP contribution is -2.32. The van der Waals surface area contributed by atoms with Crippen LogP contribution >= 0.6 is 35.0 Å². The molecule has 2 aliphatic rings. The highest BCUT2D eigenvalue weighted by Gasteiger charge is 2.42. The van der Waals surface area contributed by atoms with Crippen molar-refractivity contribution in [2.75, 3.05) is 4.90 Å². The van der Waals surface area contributed by atoms with Gasteiger partial charge in [0.2, 0.25) is 11.8 Å². The molecule has 182 valence electrons. The van der Waals surface area contributed by atoms with Crippen molar-refractivity contribution >= 4 is 63.3 Å². The minimum Gasteiger partial charge on any atom is -0.277 e. The molecule has 3 aromatic carbocycles. The molecule has 3 aromatic rings. The number of halogens is 2. The molecule has 6 nitrogen and oxygen atoms in total. The molecule has 0 radical (unpaired) electrons. The Morgan fingerprint density at radius 2 is 1.69 bits per heavy atom. The maximum Gasteiger partial charge on any atom is 0.247 e. The molecule has 1 N–H and O–H groups in total. The van der Waals surface area contributed by atoms with Crippen LogP contribution in [0.5, 0.6) is 0 Å². The number of aryl methyl sites for hydroxylation is 1. The minimum atomic E-state index is -0.714. The summed E-state index contributed by atoms with van der Waals surface area (Å²) in [7, 11) is 0. The number of carbonyl (C=O) groups excluding carboxylic acids is 2. The molecular formula is C27H22Cl2N4O2S. The lowest BCUT2D eigenvalue weighted by atomic mass is 9.98. The van der Waals surface area contributed by atoms with E-state index < -0.39 is 5.25 Å². The third kappa shape index (κ3) is 4.91. The van der Waals surface area contributed by atoms with Crippen LogP contribution in [-0.4, -0.2) is 33.0 Å². The number of anilines is 1. The topological polar surface area (TPSA) is 76.8 Å². The van der Waals surface area contributed by atoms with E-state index in [9.17, 15) is 9.59 Å². The van der Waals surface area contributed by atoms with Gasteiger partial charge < -0.3 is 0 Å². The van der Waals surface area contributed by atoms with Gasteiger partial charge in [-0.05, 0) is 48.4 Å². The predicted octanol–water partition coefficient (Wildman–Crippen LogP) is 6.45. The van der Waals surface area contributed by atoms with Crippen molar-refractivity contribution in [2.24, 2.45) is 5.10 Å². The molecule has 1 fully saturated rings. The van der Waals surface area contributed by atoms with Crippen LogP contribution in [0, 0.1) is 12.3 Å². The van der Waals surface area contributed by atoms with Crippen LogP contribution in [0.2, 0.25) is 10.0 Å². The van der Waals surface area contributed by atoms with Crippen LogP contribution in [0.25, 0.3) is 0 Å². The average molecular weight is 537 g/mol. The van der Waals surface area contributed by atoms with E-state index >= 15 is 0 Å². The molecule has 9 heteroatoms. The Bertz CT molecular complexity index is 1380. The van der Waals surface area contributed by atoms with Crippen LogP contribution < -0.4 is 4.90 Å². The van der Waals surface area contributed by atoms with Gasteiger partial charge in [-0.1, -0.05) is 83.0 Å². The Morgan fingerprint density at radius 3 is 2.39 bits per heavy atom. The summed E-state index contributed by atoms with van der Waals surface area (Å²) >= 11 is 13.2. The molecule has 0 saturated carbocycles. The predicted molar refractivity (Wildman–Crippen MR) is 146 cm³/mol. The first kappa shape index (κ1) is 24.6. The van der Waals surface area contributed by atoms with E-state index in [1.807, 2.05) is 55.5 Å². The van der Waals surface area contributed by atoms with Crippen molar-refractivity contribution in [2.45, 2.75) is 31.1 Å². The van der Waals surface area contributed by atoms with Gasteiger partial charge in [-0.15, -0.1) is 0 Å². The molecule has 2 heterocycles. The third-order valence-electron chi connectivity index (χ3n) is 6.18. The van der Waals surface area contributed by atoms with Gasteiger partial charge in [-0.2, -0.15) is 5.10 Å². The summed E-state index contributed by atoms with van der Waals surface area (Å²) in [6.07, 6.45) is 0.603. The summed E-state index contributed by atoms with van der Waals surface area (Å²) in [5, 5.41) is 15.8. The lowest BCUT2D eigenvalue weighted by Gasteiger charge is -2.24. The van der Waals surface area contributed by atoms with Crippen LogP contribution in [0.15, 0.2) is 77.9 Å². The SMILES string of the molecule is Cc1ccc(C2=NN(C(=N)SC3CC(=O)N(c4cccc(Cl)c4)C3=O)C(c3ccc(Cl)cc3)C2)cc1. The highest BCUT2D eigenvalue weighted by atomic mass is 35.5. The number of hydrogen-bond donors (Lipinski definition) is 1. The second kappa shape index (κ2) is 10.1. The molecule has 1 saturated heterocycles. The zero-order valence-electron chi connectivity index (χ0n) is 19.3. The lowest BCUT2D eigenvalue weighted by molar-refractivity contribution is -0.121. The van der Waals surface area contributed by atoms with Gasteiger partial charge in [-0.25, -0.2) is 9.91 Å². The molecule has 0 bridgehead atoms. The monoisotopic (exact) mass is 536 g/mol. The standard InChI is InChI=1S/C27H22Cl2N4O2S/c1-16-5-7-17(8-6-16)22-14-23(18-9-11-19(28)12-10-18)33(31-22)27(30)36-24-15-25(34)32(26(24)35)21-4-2-3-20(29)13-21/h2-13,23-24,30H,14-15H2,1H3. The molecule has 0 aromatic heterocycles. The van der Waals surface area contributed by atoms with Crippen molar-refractivity contribution < 1.29 is 9.59 Å². The van der Waals surface area contributed by atoms with E-state index in [4.69, 9.17) is 33.7 Å². The number of hydrogen-bond acceptors (Lipinski definition) is 5. The normalized spacial score (nSPS) is 19.7. The first-order valence-corrected chi connectivity index (χ1v) is 13.0. The van der Waals surface area contributed by atoms with Gasteiger partial charge in [0.15, 0.2) is 5.17 Å². The van der Waals surface area contributed by atoms with Crippen molar-refractivity contribution in [3.05, 3.63) is 99.5 Å². The molecule has 36 heavy (non-hydrogen) atoms. The van der Waals surface area contributed by atoms with Crippen LogP contribution in [0.3, 0.4) is 0 Å². The van der Waals surface area contributed by atoms with Crippen LogP contribution in [0.1, 0.15) is 35.6 Å². The van der Waals surface area contributed by atoms with Gasteiger partial charge in [0.05, 0.1) is 17.4 Å². The molecule has 2 amide bonds. The maximum absolute atomic E-state index is 13.2. The Hall–Kier alpha value is -3.13. The molecule has 0 aliphatic carbocycles. The number of hydrazone groups is 1. The number of benzene rings is 3. The maximum atomic E-state index is 13.2. The summed E-state index contributed by atoms with van der Waals surface area (Å²) in [4.78, 5) is 27.0. The molecule has 5 rings (SSSR count). The second-order valence-electron chi connectivity index (χ2n) is 8.69. The molecule has 2 unspecified atom stereocenters. The number of amidine groups is 1. The van der Waals surface area contributed by atoms with E-state index in [0.717, 1.165) is 39.1 Å². The number of amides is 2. The quantitative estimate of drug-likeness (QED) is 0.236. The fraction of sp³-hybridized carbons (Fsp3) is 0.185. The Balaban J connectivity index is 1.40. The number of carbonyl (C=O) groups is 2. The van der Waals surface area contributed by atoms with Gasteiger partial charge in [0, 0.05) is 22.9 Å². The van der Waals surface area contributed by atoms with Crippen molar-refractivity contribution in [1.82, 2.24) is 5.01 Å². The van der Waals surface area contributed by atoms with Gasteiger partial charge in [-0.3, -0.25) is 15.0 Å². The van der Waals surface area contributed by atoms with Crippen molar-refractivity contribution in [1.29, 1.82) is 5.41 Å². The first-order chi connectivity index (χ1) is 17.3. The largest absolute Gasteiger partial charge is 0.277 e. The van der Waals surface area contributed by atoms with E-state index in [0.29, 0.717) is 22.2 Å². The number of nitrogens with zero attached hydrogens (tertiary/aromatic N) is 3. The van der Waals surface area contributed by atoms with Crippen molar-refractivity contribution in [3.63, 3.8) is 0 Å². The molecular weight excluding hydrogens is 515 g/mol. The van der Waals surface area contributed by atoms with E-state index in [1.165, 1.54) is 0 Å². The zero-order chi connectivity index (χ0) is 25.4. The number of imide groups is 1. The van der Waals surface area contributed by atoms with Gasteiger partial charge in [0.25, 0.3) is 0 Å². The van der Waals surface area contributed by atoms with Crippen LogP contribution in [0.4, 0.5) is 5.69 Å². The highest BCUT2D eigenvalue weighted by Crippen LogP contribution is 2.38. The van der Waals surface area contributed by atoms with Crippen LogP contribution in [-0.2, 0) is 9.59 Å². The zero-order valence-corrected chi connectivity index (χ0v) is 21.6. The fourth-order valence-corrected chi connectivity index (χ4v) is 5.62. The number of nitrogens with one attached hydrogen (secondary N) is 1. The summed E-state index contributed by atoms with van der Waals surface area (Å²) in [5.41, 5.74) is 4.39. The summed E-state index contributed by atoms with van der Waals surface area (Å²) in [6.45, 7) is 2.03. The molecule has 0 spiro atoms. The minimum absolute atomic E-state index is 0.00633. The van der Waals surface area contributed by atoms with E-state index in [-0.39, 0.29) is 29.4 Å². The summed E-state index contributed by atoms with van der Waals surface area (Å²) < 4.78 is 0. The first-order valence-electron chi connectivity index (χ1n) is 11.4. The van der Waals surface area contributed by atoms with Gasteiger partial charge in [0.1, 0.15) is 5.25 Å². The second-order valence-corrected chi connectivity index (χ2v) is 10.8. The summed E-state index contributed by atoms with van der Waals surface area (Å²) in [6, 6.07) is 22.0.